The zero-order valence-electron chi connectivity index (χ0n) is 11.4. The highest BCUT2D eigenvalue weighted by atomic mass is 79.9. The lowest BCUT2D eigenvalue weighted by Gasteiger charge is -2.34. The lowest BCUT2D eigenvalue weighted by molar-refractivity contribution is 0.188. The maximum atomic E-state index is 9.83. The monoisotopic (exact) mass is 313 g/mol. The topological polar surface area (TPSA) is 23.5 Å². The zero-order valence-corrected chi connectivity index (χ0v) is 13.1. The molecule has 18 heavy (non-hydrogen) atoms. The van der Waals surface area contributed by atoms with Crippen molar-refractivity contribution >= 4 is 17.0 Å². The van der Waals surface area contributed by atoms with Crippen molar-refractivity contribution in [3.63, 3.8) is 0 Å². The van der Waals surface area contributed by atoms with E-state index in [-0.39, 0.29) is 17.0 Å². The largest absolute Gasteiger partial charge is 0.508 e. The predicted molar refractivity (Wildman–Crippen MR) is 81.8 cm³/mol. The Morgan fingerprint density at radius 2 is 2.11 bits per heavy atom. The molecule has 1 N–H and O–H groups in total. The van der Waals surface area contributed by atoms with Gasteiger partial charge in [0.15, 0.2) is 0 Å². The van der Waals surface area contributed by atoms with Gasteiger partial charge in [0.05, 0.1) is 0 Å². The number of halogens is 1. The van der Waals surface area contributed by atoms with Gasteiger partial charge in [-0.05, 0) is 56.0 Å². The first kappa shape index (κ1) is 15.5. The molecule has 1 aliphatic rings. The third kappa shape index (κ3) is 3.27. The summed E-state index contributed by atoms with van der Waals surface area (Å²) in [5.74, 6) is 0.486. The second-order valence-corrected chi connectivity index (χ2v) is 4.94. The minimum Gasteiger partial charge on any atom is -0.508 e. The van der Waals surface area contributed by atoms with Gasteiger partial charge in [0.1, 0.15) is 5.75 Å². The molecule has 0 saturated carbocycles. The summed E-state index contributed by atoms with van der Waals surface area (Å²) in [6, 6.07) is 6.60. The van der Waals surface area contributed by atoms with Crippen LogP contribution in [-0.2, 0) is 12.8 Å². The van der Waals surface area contributed by atoms with Crippen LogP contribution in [0.4, 0.5) is 0 Å². The first-order valence-corrected chi connectivity index (χ1v) is 6.80. The third-order valence-corrected chi connectivity index (χ3v) is 3.86. The van der Waals surface area contributed by atoms with Gasteiger partial charge < -0.3 is 10.0 Å². The maximum Gasteiger partial charge on any atom is 0.119 e. The van der Waals surface area contributed by atoms with Crippen molar-refractivity contribution in [2.45, 2.75) is 45.6 Å². The Kier molecular flexibility index (Phi) is 6.16. The second kappa shape index (κ2) is 7.15. The van der Waals surface area contributed by atoms with E-state index in [1.807, 2.05) is 12.1 Å². The molecule has 2 nitrogen and oxygen atoms in total. The number of nitrogens with zero attached hydrogens (tertiary/aromatic N) is 1. The molecular formula is C15H24BrNO. The summed E-state index contributed by atoms with van der Waals surface area (Å²) in [5, 5.41) is 9.83. The maximum absolute atomic E-state index is 9.83. The number of aromatic hydroxyl groups is 1. The van der Waals surface area contributed by atoms with Crippen molar-refractivity contribution < 1.29 is 5.11 Å². The van der Waals surface area contributed by atoms with Crippen LogP contribution in [0.2, 0.25) is 0 Å². The van der Waals surface area contributed by atoms with Gasteiger partial charge in [0.25, 0.3) is 0 Å². The molecule has 0 radical (unpaired) electrons. The molecule has 1 aromatic carbocycles. The summed E-state index contributed by atoms with van der Waals surface area (Å²) < 4.78 is 0. The molecule has 3 heteroatoms. The molecule has 1 unspecified atom stereocenters. The summed E-state index contributed by atoms with van der Waals surface area (Å²) in [5.41, 5.74) is 2.52. The number of benzene rings is 1. The Morgan fingerprint density at radius 1 is 1.33 bits per heavy atom. The summed E-state index contributed by atoms with van der Waals surface area (Å²) in [7, 11) is 0. The zero-order chi connectivity index (χ0) is 12.3. The van der Waals surface area contributed by atoms with Gasteiger partial charge in [-0.25, -0.2) is 0 Å². The summed E-state index contributed by atoms with van der Waals surface area (Å²) in [6.45, 7) is 6.81. The van der Waals surface area contributed by atoms with Crippen molar-refractivity contribution in [1.82, 2.24) is 4.90 Å². The van der Waals surface area contributed by atoms with Crippen LogP contribution >= 0.6 is 17.0 Å². The summed E-state index contributed by atoms with van der Waals surface area (Å²) in [4.78, 5) is 2.58. The Morgan fingerprint density at radius 3 is 2.78 bits per heavy atom. The smallest absolute Gasteiger partial charge is 0.119 e. The molecule has 0 heterocycles. The highest BCUT2D eigenvalue weighted by Crippen LogP contribution is 2.30. The van der Waals surface area contributed by atoms with Crippen LogP contribution in [0.3, 0.4) is 0 Å². The van der Waals surface area contributed by atoms with Crippen LogP contribution in [0, 0.1) is 0 Å². The van der Waals surface area contributed by atoms with Crippen molar-refractivity contribution in [3.05, 3.63) is 29.3 Å². The van der Waals surface area contributed by atoms with Crippen LogP contribution in [-0.4, -0.2) is 29.1 Å². The Bertz CT molecular complexity index is 381. The Hall–Kier alpha value is -0.540. The molecule has 0 aliphatic heterocycles. The van der Waals surface area contributed by atoms with Gasteiger partial charge in [-0.3, -0.25) is 0 Å². The lowest BCUT2D eigenvalue weighted by atomic mass is 9.87. The normalized spacial score (nSPS) is 18.3. The van der Waals surface area contributed by atoms with E-state index in [1.54, 1.807) is 0 Å². The van der Waals surface area contributed by atoms with Crippen molar-refractivity contribution in [2.24, 2.45) is 0 Å². The highest BCUT2D eigenvalue weighted by Gasteiger charge is 2.24. The van der Waals surface area contributed by atoms with Crippen LogP contribution in [0.25, 0.3) is 0 Å². The van der Waals surface area contributed by atoms with Gasteiger partial charge in [-0.1, -0.05) is 26.0 Å². The summed E-state index contributed by atoms with van der Waals surface area (Å²) >= 11 is 0. The standard InChI is InChI=1S/C15H23NO.BrH/c1-3-10-16(4-2)13-8-9-14-12(11-13)6-5-7-15(14)17;/h5-7,13,17H,3-4,8-11H2,1-2H3;1H. The molecule has 1 aliphatic carbocycles. The molecule has 1 atom stereocenters. The van der Waals surface area contributed by atoms with Crippen LogP contribution in [0.15, 0.2) is 18.2 Å². The molecular weight excluding hydrogens is 290 g/mol. The average molecular weight is 314 g/mol. The first-order chi connectivity index (χ1) is 8.26. The molecule has 2 rings (SSSR count). The van der Waals surface area contributed by atoms with Crippen LogP contribution < -0.4 is 0 Å². The average Bonchev–Trinajstić information content (AvgIpc) is 2.36. The van der Waals surface area contributed by atoms with E-state index >= 15 is 0 Å². The number of phenols is 1. The fourth-order valence-electron chi connectivity index (χ4n) is 2.97. The molecule has 102 valence electrons. The number of hydrogen-bond donors (Lipinski definition) is 1. The molecule has 0 spiro atoms. The molecule has 0 aromatic heterocycles. The van der Waals surface area contributed by atoms with E-state index in [0.717, 1.165) is 19.4 Å². The lowest BCUT2D eigenvalue weighted by Crippen LogP contribution is -2.39. The molecule has 0 amide bonds. The van der Waals surface area contributed by atoms with Crippen LogP contribution in [0.1, 0.15) is 37.8 Å². The van der Waals surface area contributed by atoms with Crippen LogP contribution in [0.5, 0.6) is 5.75 Å². The van der Waals surface area contributed by atoms with Gasteiger partial charge in [0.2, 0.25) is 0 Å². The van der Waals surface area contributed by atoms with E-state index in [0.29, 0.717) is 11.8 Å². The van der Waals surface area contributed by atoms with E-state index in [2.05, 4.69) is 24.8 Å². The number of phenolic OH excluding ortho intramolecular Hbond substituents is 1. The van der Waals surface area contributed by atoms with Crippen molar-refractivity contribution in [2.75, 3.05) is 13.1 Å². The molecule has 0 fully saturated rings. The van der Waals surface area contributed by atoms with Crippen molar-refractivity contribution in [3.8, 4) is 5.75 Å². The quantitative estimate of drug-likeness (QED) is 0.918. The van der Waals surface area contributed by atoms with E-state index in [9.17, 15) is 5.11 Å². The fourth-order valence-corrected chi connectivity index (χ4v) is 2.97. The summed E-state index contributed by atoms with van der Waals surface area (Å²) in [6.07, 6.45) is 4.51. The number of hydrogen-bond acceptors (Lipinski definition) is 2. The van der Waals surface area contributed by atoms with E-state index < -0.39 is 0 Å². The number of likely N-dealkylation sites (N-methyl/N-ethyl adjacent to an activating group) is 1. The third-order valence-electron chi connectivity index (χ3n) is 3.86. The van der Waals surface area contributed by atoms with Gasteiger partial charge in [-0.2, -0.15) is 0 Å². The van der Waals surface area contributed by atoms with E-state index in [4.69, 9.17) is 0 Å². The van der Waals surface area contributed by atoms with Crippen molar-refractivity contribution in [1.29, 1.82) is 0 Å². The number of fused-ring (bicyclic) bond motifs is 1. The fraction of sp³-hybridized carbons (Fsp3) is 0.600. The predicted octanol–water partition coefficient (Wildman–Crippen LogP) is 3.56. The molecule has 0 saturated heterocycles. The minimum absolute atomic E-state index is 0. The van der Waals surface area contributed by atoms with Gasteiger partial charge in [0, 0.05) is 6.04 Å². The second-order valence-electron chi connectivity index (χ2n) is 4.94. The minimum atomic E-state index is 0. The Labute approximate surface area is 121 Å². The van der Waals surface area contributed by atoms with Gasteiger partial charge >= 0.3 is 0 Å². The highest BCUT2D eigenvalue weighted by molar-refractivity contribution is 8.93. The first-order valence-electron chi connectivity index (χ1n) is 6.80. The molecule has 1 aromatic rings. The molecule has 0 bridgehead atoms. The Balaban J connectivity index is 0.00000162. The SMILES string of the molecule is Br.CCCN(CC)C1CCc2c(O)cccc2C1. The van der Waals surface area contributed by atoms with Gasteiger partial charge in [-0.15, -0.1) is 17.0 Å². The number of rotatable bonds is 4. The van der Waals surface area contributed by atoms with E-state index in [1.165, 1.54) is 30.5 Å².